The van der Waals surface area contributed by atoms with Crippen molar-refractivity contribution in [1.82, 2.24) is 19.5 Å². The highest BCUT2D eigenvalue weighted by Crippen LogP contribution is 2.15. The highest BCUT2D eigenvalue weighted by Gasteiger charge is 2.13. The van der Waals surface area contributed by atoms with Gasteiger partial charge in [0.2, 0.25) is 5.95 Å². The fourth-order valence-electron chi connectivity index (χ4n) is 2.60. The summed E-state index contributed by atoms with van der Waals surface area (Å²) in [4.78, 5) is 25.4. The number of amides is 1. The molecular weight excluding hydrogens is 302 g/mol. The van der Waals surface area contributed by atoms with Crippen LogP contribution in [0.5, 0.6) is 0 Å². The number of benzene rings is 1. The predicted octanol–water partition coefficient (Wildman–Crippen LogP) is 3.15. The van der Waals surface area contributed by atoms with Crippen LogP contribution < -0.4 is 5.32 Å². The van der Waals surface area contributed by atoms with E-state index in [1.54, 1.807) is 18.5 Å². The second-order valence-electron chi connectivity index (χ2n) is 5.71. The molecule has 1 amide bonds. The molecule has 0 saturated heterocycles. The summed E-state index contributed by atoms with van der Waals surface area (Å²) in [7, 11) is 0. The van der Waals surface area contributed by atoms with Crippen LogP contribution in [-0.2, 0) is 0 Å². The van der Waals surface area contributed by atoms with Gasteiger partial charge >= 0.3 is 0 Å². The van der Waals surface area contributed by atoms with Crippen molar-refractivity contribution < 1.29 is 4.79 Å². The van der Waals surface area contributed by atoms with Crippen molar-refractivity contribution in [3.63, 3.8) is 0 Å². The maximum Gasteiger partial charge on any atom is 0.256 e. The van der Waals surface area contributed by atoms with Gasteiger partial charge in [0.25, 0.3) is 5.91 Å². The van der Waals surface area contributed by atoms with E-state index >= 15 is 0 Å². The first kappa shape index (κ1) is 15.9. The molecule has 1 N–H and O–H groups in total. The molecule has 0 radical (unpaired) electrons. The Bertz CT molecular complexity index is 896. The fraction of sp³-hybridized carbons (Fsp3) is 0.222. The van der Waals surface area contributed by atoms with Crippen LogP contribution in [0.4, 0.5) is 5.69 Å². The van der Waals surface area contributed by atoms with E-state index in [-0.39, 0.29) is 5.91 Å². The number of aryl methyl sites for hydroxylation is 3. The largest absolute Gasteiger partial charge is 0.319 e. The van der Waals surface area contributed by atoms with Crippen LogP contribution in [0.15, 0.2) is 36.7 Å². The Balaban J connectivity index is 1.83. The van der Waals surface area contributed by atoms with E-state index in [9.17, 15) is 4.79 Å². The van der Waals surface area contributed by atoms with E-state index in [1.807, 2.05) is 50.5 Å². The van der Waals surface area contributed by atoms with Crippen molar-refractivity contribution in [3.8, 4) is 5.95 Å². The summed E-state index contributed by atoms with van der Waals surface area (Å²) in [6, 6.07) is 7.44. The van der Waals surface area contributed by atoms with E-state index in [0.29, 0.717) is 17.2 Å². The monoisotopic (exact) mass is 321 g/mol. The zero-order valence-corrected chi connectivity index (χ0v) is 14.2. The summed E-state index contributed by atoms with van der Waals surface area (Å²) in [5.74, 6) is 1.21. The maximum atomic E-state index is 12.3. The summed E-state index contributed by atoms with van der Waals surface area (Å²) in [6.07, 6.45) is 3.21. The zero-order chi connectivity index (χ0) is 17.3. The topological polar surface area (TPSA) is 72.7 Å². The zero-order valence-electron chi connectivity index (χ0n) is 14.2. The molecule has 0 aliphatic heterocycles. The molecule has 24 heavy (non-hydrogen) atoms. The van der Waals surface area contributed by atoms with Gasteiger partial charge in [-0.05, 0) is 39.3 Å². The predicted molar refractivity (Wildman–Crippen MR) is 92.5 cm³/mol. The number of anilines is 1. The number of hydrogen-bond acceptors (Lipinski definition) is 4. The van der Waals surface area contributed by atoms with Crippen LogP contribution in [0.3, 0.4) is 0 Å². The Hall–Kier alpha value is -3.02. The van der Waals surface area contributed by atoms with Crippen LogP contribution in [0.25, 0.3) is 5.95 Å². The van der Waals surface area contributed by atoms with Crippen LogP contribution >= 0.6 is 0 Å². The van der Waals surface area contributed by atoms with Crippen molar-refractivity contribution >= 4 is 11.6 Å². The van der Waals surface area contributed by atoms with E-state index in [1.165, 1.54) is 0 Å². The van der Waals surface area contributed by atoms with Crippen molar-refractivity contribution in [1.29, 1.82) is 0 Å². The number of rotatable bonds is 3. The Morgan fingerprint density at radius 3 is 2.29 bits per heavy atom. The highest BCUT2D eigenvalue weighted by atomic mass is 16.1. The minimum atomic E-state index is -0.171. The van der Waals surface area contributed by atoms with E-state index in [2.05, 4.69) is 20.3 Å². The van der Waals surface area contributed by atoms with Crippen LogP contribution in [-0.4, -0.2) is 25.4 Å². The first-order chi connectivity index (χ1) is 11.5. The normalized spacial score (nSPS) is 10.7. The van der Waals surface area contributed by atoms with Crippen LogP contribution in [0.2, 0.25) is 0 Å². The Morgan fingerprint density at radius 1 is 1.04 bits per heavy atom. The van der Waals surface area contributed by atoms with E-state index < -0.39 is 0 Å². The fourth-order valence-corrected chi connectivity index (χ4v) is 2.60. The van der Waals surface area contributed by atoms with Crippen molar-refractivity contribution in [2.24, 2.45) is 0 Å². The third kappa shape index (κ3) is 2.90. The molecule has 3 aromatic rings. The first-order valence-electron chi connectivity index (χ1n) is 7.69. The first-order valence-corrected chi connectivity index (χ1v) is 7.69. The molecule has 0 atom stereocenters. The number of carbonyl (C=O) groups is 1. The van der Waals surface area contributed by atoms with Crippen molar-refractivity contribution in [2.45, 2.75) is 27.7 Å². The third-order valence-electron chi connectivity index (χ3n) is 4.00. The van der Waals surface area contributed by atoms with Gasteiger partial charge in [-0.25, -0.2) is 15.0 Å². The lowest BCUT2D eigenvalue weighted by atomic mass is 10.1. The maximum absolute atomic E-state index is 12.3. The summed E-state index contributed by atoms with van der Waals surface area (Å²) >= 11 is 0. The van der Waals surface area contributed by atoms with Crippen molar-refractivity contribution in [2.75, 3.05) is 5.32 Å². The molecule has 3 rings (SSSR count). The molecule has 0 fully saturated rings. The molecule has 6 nitrogen and oxygen atoms in total. The van der Waals surface area contributed by atoms with Crippen LogP contribution in [0.1, 0.15) is 33.1 Å². The number of carbonyl (C=O) groups excluding carboxylic acids is 1. The molecule has 0 unspecified atom stereocenters. The third-order valence-corrected chi connectivity index (χ3v) is 4.00. The SMILES string of the molecule is Cc1ccccc1C(=O)Nc1cnc(-n2c(C)nc(C)c2C)nc1. The summed E-state index contributed by atoms with van der Waals surface area (Å²) in [5, 5.41) is 2.82. The molecule has 1 aromatic carbocycles. The summed E-state index contributed by atoms with van der Waals surface area (Å²) in [6.45, 7) is 7.75. The average molecular weight is 321 g/mol. The molecule has 0 spiro atoms. The molecule has 0 bridgehead atoms. The van der Waals surface area contributed by atoms with E-state index in [0.717, 1.165) is 22.8 Å². The minimum Gasteiger partial charge on any atom is -0.319 e. The molecule has 0 saturated carbocycles. The quantitative estimate of drug-likeness (QED) is 0.804. The molecule has 6 heteroatoms. The Labute approximate surface area is 140 Å². The lowest BCUT2D eigenvalue weighted by Gasteiger charge is -2.09. The number of nitrogens with zero attached hydrogens (tertiary/aromatic N) is 4. The highest BCUT2D eigenvalue weighted by molar-refractivity contribution is 6.05. The van der Waals surface area contributed by atoms with Crippen LogP contribution in [0, 0.1) is 27.7 Å². The van der Waals surface area contributed by atoms with Crippen molar-refractivity contribution in [3.05, 3.63) is 65.0 Å². The lowest BCUT2D eigenvalue weighted by molar-refractivity contribution is 0.102. The molecule has 2 aromatic heterocycles. The number of imidazole rings is 1. The van der Waals surface area contributed by atoms with Gasteiger partial charge in [0.15, 0.2) is 0 Å². The summed E-state index contributed by atoms with van der Waals surface area (Å²) < 4.78 is 1.89. The van der Waals surface area contributed by atoms with Gasteiger partial charge in [-0.15, -0.1) is 0 Å². The molecular formula is C18H19N5O. The van der Waals surface area contributed by atoms with Gasteiger partial charge in [0.1, 0.15) is 5.82 Å². The van der Waals surface area contributed by atoms with Gasteiger partial charge in [-0.2, -0.15) is 0 Å². The van der Waals surface area contributed by atoms with Gasteiger partial charge in [0, 0.05) is 11.3 Å². The molecule has 0 aliphatic carbocycles. The minimum absolute atomic E-state index is 0.171. The second kappa shape index (κ2) is 6.23. The van der Waals surface area contributed by atoms with Gasteiger partial charge < -0.3 is 5.32 Å². The van der Waals surface area contributed by atoms with Gasteiger partial charge in [-0.3, -0.25) is 9.36 Å². The number of hydrogen-bond donors (Lipinski definition) is 1. The number of nitrogens with one attached hydrogen (secondary N) is 1. The summed E-state index contributed by atoms with van der Waals surface area (Å²) in [5.41, 5.74) is 4.07. The molecule has 0 aliphatic rings. The lowest BCUT2D eigenvalue weighted by Crippen LogP contribution is -2.14. The smallest absolute Gasteiger partial charge is 0.256 e. The molecule has 122 valence electrons. The van der Waals surface area contributed by atoms with Gasteiger partial charge in [0.05, 0.1) is 23.8 Å². The Kier molecular flexibility index (Phi) is 4.12. The number of aromatic nitrogens is 4. The Morgan fingerprint density at radius 2 is 1.71 bits per heavy atom. The standard InChI is InChI=1S/C18H19N5O/c1-11-7-5-6-8-16(11)17(24)22-15-9-19-18(20-10-15)23-13(3)12(2)21-14(23)4/h5-10H,1-4H3,(H,22,24). The second-order valence-corrected chi connectivity index (χ2v) is 5.71. The van der Waals surface area contributed by atoms with E-state index in [4.69, 9.17) is 0 Å². The average Bonchev–Trinajstić information content (AvgIpc) is 2.81. The molecule has 2 heterocycles. The van der Waals surface area contributed by atoms with Gasteiger partial charge in [-0.1, -0.05) is 18.2 Å².